The van der Waals surface area contributed by atoms with Gasteiger partial charge in [0.15, 0.2) is 0 Å². The van der Waals surface area contributed by atoms with Gasteiger partial charge in [0, 0.05) is 12.7 Å². The summed E-state index contributed by atoms with van der Waals surface area (Å²) in [6.07, 6.45) is 3.27. The molecule has 1 aromatic heterocycles. The largest absolute Gasteiger partial charge is 0.480 e. The van der Waals surface area contributed by atoms with Gasteiger partial charge in [-0.3, -0.25) is 9.48 Å². The summed E-state index contributed by atoms with van der Waals surface area (Å²) in [5.41, 5.74) is 0.136. The maximum atomic E-state index is 11.0. The number of aryl methyl sites for hydroxylation is 2. The van der Waals surface area contributed by atoms with Crippen molar-refractivity contribution in [2.75, 3.05) is 7.05 Å². The Balaban J connectivity index is 2.43. The Morgan fingerprint density at radius 1 is 1.69 bits per heavy atom. The van der Waals surface area contributed by atoms with Crippen LogP contribution in [-0.2, 0) is 11.3 Å². The van der Waals surface area contributed by atoms with Crippen LogP contribution >= 0.6 is 0 Å². The lowest BCUT2D eigenvalue weighted by atomic mass is 9.96. The first kappa shape index (κ1) is 12.7. The van der Waals surface area contributed by atoms with Crippen molar-refractivity contribution in [2.45, 2.75) is 38.8 Å². The normalized spacial score (nSPS) is 14.7. The van der Waals surface area contributed by atoms with E-state index in [1.165, 1.54) is 0 Å². The molecule has 1 heterocycles. The van der Waals surface area contributed by atoms with Crippen molar-refractivity contribution in [3.63, 3.8) is 0 Å². The standard InChI is InChI=1S/C11H19N3O2/c1-9-5-8-14(13-9)7-4-6-11(2,12-3)10(15)16/h5,8,12H,4,6-7H2,1-3H3,(H,15,16). The van der Waals surface area contributed by atoms with E-state index in [0.717, 1.165) is 18.7 Å². The van der Waals surface area contributed by atoms with E-state index in [1.807, 2.05) is 23.9 Å². The molecule has 16 heavy (non-hydrogen) atoms. The second kappa shape index (κ2) is 5.12. The van der Waals surface area contributed by atoms with Crippen LogP contribution in [0.5, 0.6) is 0 Å². The molecule has 0 amide bonds. The van der Waals surface area contributed by atoms with Gasteiger partial charge in [-0.25, -0.2) is 0 Å². The number of rotatable bonds is 6. The second-order valence-corrected chi connectivity index (χ2v) is 4.21. The van der Waals surface area contributed by atoms with E-state index in [-0.39, 0.29) is 0 Å². The summed E-state index contributed by atoms with van der Waals surface area (Å²) in [4.78, 5) is 11.0. The van der Waals surface area contributed by atoms with E-state index in [0.29, 0.717) is 6.42 Å². The number of carbonyl (C=O) groups is 1. The number of carboxylic acid groups (broad SMARTS) is 1. The number of nitrogens with one attached hydrogen (secondary N) is 1. The van der Waals surface area contributed by atoms with Crippen molar-refractivity contribution in [3.8, 4) is 0 Å². The fourth-order valence-electron chi connectivity index (χ4n) is 1.52. The van der Waals surface area contributed by atoms with Crippen LogP contribution in [0.1, 0.15) is 25.5 Å². The minimum absolute atomic E-state index is 0.581. The molecule has 5 nitrogen and oxygen atoms in total. The molecule has 1 aromatic rings. The predicted octanol–water partition coefficient (Wildman–Crippen LogP) is 1.03. The molecule has 0 fully saturated rings. The maximum Gasteiger partial charge on any atom is 0.323 e. The fourth-order valence-corrected chi connectivity index (χ4v) is 1.52. The minimum Gasteiger partial charge on any atom is -0.480 e. The lowest BCUT2D eigenvalue weighted by Gasteiger charge is -2.23. The summed E-state index contributed by atoms with van der Waals surface area (Å²) in [7, 11) is 1.67. The van der Waals surface area contributed by atoms with Crippen molar-refractivity contribution in [1.29, 1.82) is 0 Å². The molecule has 5 heteroatoms. The highest BCUT2D eigenvalue weighted by atomic mass is 16.4. The Morgan fingerprint density at radius 3 is 2.81 bits per heavy atom. The smallest absolute Gasteiger partial charge is 0.323 e. The number of hydrogen-bond donors (Lipinski definition) is 2. The van der Waals surface area contributed by atoms with Crippen molar-refractivity contribution in [3.05, 3.63) is 18.0 Å². The van der Waals surface area contributed by atoms with Gasteiger partial charge >= 0.3 is 5.97 Å². The maximum absolute atomic E-state index is 11.0. The lowest BCUT2D eigenvalue weighted by Crippen LogP contribution is -2.47. The van der Waals surface area contributed by atoms with Gasteiger partial charge in [0.1, 0.15) is 5.54 Å². The Bertz CT molecular complexity index is 362. The van der Waals surface area contributed by atoms with Gasteiger partial charge in [-0.2, -0.15) is 5.10 Å². The summed E-state index contributed by atoms with van der Waals surface area (Å²) in [5, 5.41) is 16.1. The van der Waals surface area contributed by atoms with E-state index >= 15 is 0 Å². The average molecular weight is 225 g/mol. The molecule has 0 aliphatic rings. The second-order valence-electron chi connectivity index (χ2n) is 4.21. The van der Waals surface area contributed by atoms with Crippen LogP contribution in [0.3, 0.4) is 0 Å². The molecule has 0 saturated heterocycles. The molecule has 1 rings (SSSR count). The van der Waals surface area contributed by atoms with E-state index < -0.39 is 11.5 Å². The highest BCUT2D eigenvalue weighted by Crippen LogP contribution is 2.12. The van der Waals surface area contributed by atoms with E-state index in [9.17, 15) is 4.79 Å². The Morgan fingerprint density at radius 2 is 2.38 bits per heavy atom. The summed E-state index contributed by atoms with van der Waals surface area (Å²) in [5.74, 6) is -0.813. The molecular weight excluding hydrogens is 206 g/mol. The van der Waals surface area contributed by atoms with Gasteiger partial charge in [0.25, 0.3) is 0 Å². The number of hydrogen-bond acceptors (Lipinski definition) is 3. The van der Waals surface area contributed by atoms with Crippen LogP contribution in [-0.4, -0.2) is 33.4 Å². The van der Waals surface area contributed by atoms with Gasteiger partial charge in [0.2, 0.25) is 0 Å². The molecule has 1 unspecified atom stereocenters. The Hall–Kier alpha value is -1.36. The summed E-state index contributed by atoms with van der Waals surface area (Å²) < 4.78 is 1.84. The molecule has 0 aliphatic carbocycles. The number of aliphatic carboxylic acids is 1. The van der Waals surface area contributed by atoms with Gasteiger partial charge < -0.3 is 10.4 Å². The predicted molar refractivity (Wildman–Crippen MR) is 61.3 cm³/mol. The average Bonchev–Trinajstić information content (AvgIpc) is 2.63. The summed E-state index contributed by atoms with van der Waals surface area (Å²) in [6, 6.07) is 1.94. The molecule has 0 spiro atoms. The zero-order chi connectivity index (χ0) is 12.2. The molecule has 0 aromatic carbocycles. The van der Waals surface area contributed by atoms with Crippen LogP contribution in [0.25, 0.3) is 0 Å². The Labute approximate surface area is 95.5 Å². The number of aromatic nitrogens is 2. The van der Waals surface area contributed by atoms with Crippen LogP contribution < -0.4 is 5.32 Å². The van der Waals surface area contributed by atoms with Gasteiger partial charge in [-0.05, 0) is 39.8 Å². The fraction of sp³-hybridized carbons (Fsp3) is 0.636. The molecule has 0 aliphatic heterocycles. The highest BCUT2D eigenvalue weighted by Gasteiger charge is 2.30. The lowest BCUT2D eigenvalue weighted by molar-refractivity contribution is -0.144. The van der Waals surface area contributed by atoms with Crippen LogP contribution in [0.2, 0.25) is 0 Å². The molecule has 0 bridgehead atoms. The molecule has 0 saturated carbocycles. The monoisotopic (exact) mass is 225 g/mol. The van der Waals surface area contributed by atoms with Gasteiger partial charge in [0.05, 0.1) is 5.69 Å². The SMILES string of the molecule is CNC(C)(CCCn1ccc(C)n1)C(=O)O. The molecule has 1 atom stereocenters. The third kappa shape index (κ3) is 3.06. The minimum atomic E-state index is -0.845. The highest BCUT2D eigenvalue weighted by molar-refractivity contribution is 5.78. The van der Waals surface area contributed by atoms with Gasteiger partial charge in [-0.15, -0.1) is 0 Å². The number of carboxylic acids is 1. The third-order valence-corrected chi connectivity index (χ3v) is 2.86. The van der Waals surface area contributed by atoms with Crippen molar-refractivity contribution >= 4 is 5.97 Å². The summed E-state index contributed by atoms with van der Waals surface area (Å²) >= 11 is 0. The quantitative estimate of drug-likeness (QED) is 0.759. The van der Waals surface area contributed by atoms with Crippen LogP contribution in [0.15, 0.2) is 12.3 Å². The first-order valence-electron chi connectivity index (χ1n) is 5.40. The van der Waals surface area contributed by atoms with Crippen molar-refractivity contribution < 1.29 is 9.90 Å². The van der Waals surface area contributed by atoms with E-state index in [4.69, 9.17) is 5.11 Å². The number of likely N-dealkylation sites (N-methyl/N-ethyl adjacent to an activating group) is 1. The van der Waals surface area contributed by atoms with E-state index in [1.54, 1.807) is 14.0 Å². The molecule has 0 radical (unpaired) electrons. The van der Waals surface area contributed by atoms with Crippen LogP contribution in [0.4, 0.5) is 0 Å². The summed E-state index contributed by atoms with van der Waals surface area (Å²) in [6.45, 7) is 4.38. The zero-order valence-corrected chi connectivity index (χ0v) is 10.0. The van der Waals surface area contributed by atoms with Crippen LogP contribution in [0, 0.1) is 6.92 Å². The molecule has 90 valence electrons. The van der Waals surface area contributed by atoms with Crippen molar-refractivity contribution in [2.24, 2.45) is 0 Å². The van der Waals surface area contributed by atoms with Crippen molar-refractivity contribution in [1.82, 2.24) is 15.1 Å². The first-order chi connectivity index (χ1) is 7.48. The zero-order valence-electron chi connectivity index (χ0n) is 10.0. The third-order valence-electron chi connectivity index (χ3n) is 2.86. The number of nitrogens with zero attached hydrogens (tertiary/aromatic N) is 2. The molecule has 2 N–H and O–H groups in total. The van der Waals surface area contributed by atoms with E-state index in [2.05, 4.69) is 10.4 Å². The molecular formula is C11H19N3O2. The van der Waals surface area contributed by atoms with Gasteiger partial charge in [-0.1, -0.05) is 0 Å². The topological polar surface area (TPSA) is 67.2 Å². The first-order valence-corrected chi connectivity index (χ1v) is 5.40. The Kier molecular flexibility index (Phi) is 4.06.